The van der Waals surface area contributed by atoms with Crippen molar-refractivity contribution >= 4 is 17.6 Å². The van der Waals surface area contributed by atoms with Crippen molar-refractivity contribution < 1.29 is 14.7 Å². The van der Waals surface area contributed by atoms with E-state index in [4.69, 9.17) is 0 Å². The fourth-order valence-corrected chi connectivity index (χ4v) is 2.59. The van der Waals surface area contributed by atoms with Crippen molar-refractivity contribution in [2.24, 2.45) is 5.41 Å². The Bertz CT molecular complexity index is 467. The maximum Gasteiger partial charge on any atom is 0.311 e. The largest absolute Gasteiger partial charge is 0.481 e. The molecule has 5 nitrogen and oxygen atoms in total. The van der Waals surface area contributed by atoms with Gasteiger partial charge in [0.25, 0.3) is 0 Å². The van der Waals surface area contributed by atoms with Gasteiger partial charge in [-0.25, -0.2) is 0 Å². The van der Waals surface area contributed by atoms with Crippen molar-refractivity contribution in [3.05, 3.63) is 30.3 Å². The molecule has 0 unspecified atom stereocenters. The first kappa shape index (κ1) is 14.4. The van der Waals surface area contributed by atoms with Gasteiger partial charge in [-0.2, -0.15) is 0 Å². The lowest BCUT2D eigenvalue weighted by molar-refractivity contribution is -0.148. The summed E-state index contributed by atoms with van der Waals surface area (Å²) < 4.78 is 0. The first-order chi connectivity index (χ1) is 9.62. The monoisotopic (exact) mass is 276 g/mol. The smallest absolute Gasteiger partial charge is 0.311 e. The number of carbonyl (C=O) groups excluding carboxylic acids is 1. The normalized spacial score (nSPS) is 16.6. The fraction of sp³-hybridized carbons (Fsp3) is 0.467. The Morgan fingerprint density at radius 1 is 1.15 bits per heavy atom. The number of benzene rings is 1. The predicted octanol–water partition coefficient (Wildman–Crippen LogP) is 1.86. The molecule has 0 heterocycles. The van der Waals surface area contributed by atoms with Gasteiger partial charge in [-0.15, -0.1) is 0 Å². The van der Waals surface area contributed by atoms with Crippen molar-refractivity contribution in [2.75, 3.05) is 18.4 Å². The van der Waals surface area contributed by atoms with Crippen molar-refractivity contribution in [2.45, 2.75) is 25.7 Å². The highest BCUT2D eigenvalue weighted by molar-refractivity contribution is 5.82. The molecule has 1 amide bonds. The average Bonchev–Trinajstić information content (AvgIpc) is 2.94. The van der Waals surface area contributed by atoms with Gasteiger partial charge in [-0.3, -0.25) is 9.59 Å². The molecule has 1 aromatic carbocycles. The van der Waals surface area contributed by atoms with Crippen LogP contribution in [0.25, 0.3) is 0 Å². The van der Waals surface area contributed by atoms with Crippen LogP contribution in [-0.4, -0.2) is 30.1 Å². The summed E-state index contributed by atoms with van der Waals surface area (Å²) in [6.45, 7) is 0.372. The van der Waals surface area contributed by atoms with Gasteiger partial charge < -0.3 is 15.7 Å². The summed E-state index contributed by atoms with van der Waals surface area (Å²) in [7, 11) is 0. The van der Waals surface area contributed by atoms with Crippen LogP contribution in [0.1, 0.15) is 25.7 Å². The number of carboxylic acid groups (broad SMARTS) is 1. The summed E-state index contributed by atoms with van der Waals surface area (Å²) in [5, 5.41) is 15.1. The van der Waals surface area contributed by atoms with Crippen LogP contribution in [-0.2, 0) is 9.59 Å². The number of amides is 1. The Morgan fingerprint density at radius 3 is 2.40 bits per heavy atom. The Kier molecular flexibility index (Phi) is 4.61. The topological polar surface area (TPSA) is 78.4 Å². The Hall–Kier alpha value is -2.04. The van der Waals surface area contributed by atoms with Crippen LogP contribution in [0.2, 0.25) is 0 Å². The Balaban J connectivity index is 1.78. The average molecular weight is 276 g/mol. The van der Waals surface area contributed by atoms with E-state index in [1.165, 1.54) is 0 Å². The predicted molar refractivity (Wildman–Crippen MR) is 76.5 cm³/mol. The fourth-order valence-electron chi connectivity index (χ4n) is 2.59. The summed E-state index contributed by atoms with van der Waals surface area (Å²) >= 11 is 0. The zero-order valence-corrected chi connectivity index (χ0v) is 11.4. The minimum absolute atomic E-state index is 0.152. The highest BCUT2D eigenvalue weighted by Crippen LogP contribution is 2.37. The molecule has 0 spiro atoms. The molecular weight excluding hydrogens is 256 g/mol. The van der Waals surface area contributed by atoms with Gasteiger partial charge in [0.15, 0.2) is 0 Å². The molecule has 2 rings (SSSR count). The molecule has 1 saturated carbocycles. The van der Waals surface area contributed by atoms with Crippen LogP contribution in [0.3, 0.4) is 0 Å². The highest BCUT2D eigenvalue weighted by Gasteiger charge is 2.41. The third kappa shape index (κ3) is 3.50. The molecule has 1 aliphatic carbocycles. The number of carboxylic acids is 1. The molecule has 5 heteroatoms. The lowest BCUT2D eigenvalue weighted by Gasteiger charge is -2.24. The number of carbonyl (C=O) groups is 2. The summed E-state index contributed by atoms with van der Waals surface area (Å²) in [6, 6.07) is 9.43. The van der Waals surface area contributed by atoms with Crippen molar-refractivity contribution in [1.82, 2.24) is 5.32 Å². The molecule has 1 aliphatic rings. The van der Waals surface area contributed by atoms with E-state index in [9.17, 15) is 14.7 Å². The third-order valence-electron chi connectivity index (χ3n) is 3.87. The first-order valence-corrected chi connectivity index (χ1v) is 6.91. The zero-order valence-electron chi connectivity index (χ0n) is 11.4. The van der Waals surface area contributed by atoms with E-state index >= 15 is 0 Å². The van der Waals surface area contributed by atoms with E-state index < -0.39 is 11.4 Å². The Morgan fingerprint density at radius 2 is 1.80 bits per heavy atom. The second-order valence-electron chi connectivity index (χ2n) is 5.29. The van der Waals surface area contributed by atoms with Crippen molar-refractivity contribution in [3.63, 3.8) is 0 Å². The molecular formula is C15H20N2O3. The summed E-state index contributed by atoms with van der Waals surface area (Å²) in [5.74, 6) is -0.979. The minimum Gasteiger partial charge on any atom is -0.481 e. The quantitative estimate of drug-likeness (QED) is 0.741. The number of nitrogens with one attached hydrogen (secondary N) is 2. The van der Waals surface area contributed by atoms with Gasteiger partial charge in [-0.1, -0.05) is 31.0 Å². The number of anilines is 1. The molecule has 1 fully saturated rings. The van der Waals surface area contributed by atoms with Gasteiger partial charge in [0.05, 0.1) is 12.0 Å². The van der Waals surface area contributed by atoms with Gasteiger partial charge in [0.2, 0.25) is 5.91 Å². The molecule has 1 aromatic rings. The van der Waals surface area contributed by atoms with Crippen LogP contribution in [0.4, 0.5) is 5.69 Å². The second kappa shape index (κ2) is 6.41. The highest BCUT2D eigenvalue weighted by atomic mass is 16.4. The van der Waals surface area contributed by atoms with Gasteiger partial charge >= 0.3 is 5.97 Å². The molecule has 0 radical (unpaired) electrons. The van der Waals surface area contributed by atoms with E-state index in [2.05, 4.69) is 10.6 Å². The number of hydrogen-bond acceptors (Lipinski definition) is 3. The number of aliphatic carboxylic acids is 1. The summed E-state index contributed by atoms with van der Waals surface area (Å²) in [6.07, 6.45) is 3.14. The number of para-hydroxylation sites is 1. The van der Waals surface area contributed by atoms with Crippen molar-refractivity contribution in [1.29, 1.82) is 0 Å². The minimum atomic E-state index is -0.800. The third-order valence-corrected chi connectivity index (χ3v) is 3.87. The van der Waals surface area contributed by atoms with Crippen molar-refractivity contribution in [3.8, 4) is 0 Å². The maximum atomic E-state index is 11.8. The molecule has 3 N–H and O–H groups in total. The molecule has 20 heavy (non-hydrogen) atoms. The van der Waals surface area contributed by atoms with E-state index in [-0.39, 0.29) is 19.0 Å². The SMILES string of the molecule is O=C(CNc1ccccc1)NCC1(C(=O)O)CCCC1. The maximum absolute atomic E-state index is 11.8. The first-order valence-electron chi connectivity index (χ1n) is 6.91. The molecule has 0 saturated heterocycles. The molecule has 108 valence electrons. The van der Waals surface area contributed by atoms with Crippen LogP contribution >= 0.6 is 0 Å². The number of rotatable bonds is 6. The van der Waals surface area contributed by atoms with E-state index in [0.29, 0.717) is 12.8 Å². The van der Waals surface area contributed by atoms with Crippen LogP contribution in [0, 0.1) is 5.41 Å². The zero-order chi connectivity index (χ0) is 14.4. The van der Waals surface area contributed by atoms with Gasteiger partial charge in [0.1, 0.15) is 0 Å². The molecule has 0 atom stereocenters. The second-order valence-corrected chi connectivity index (χ2v) is 5.29. The van der Waals surface area contributed by atoms with Gasteiger partial charge in [-0.05, 0) is 25.0 Å². The van der Waals surface area contributed by atoms with Crippen LogP contribution < -0.4 is 10.6 Å². The number of hydrogen-bond donors (Lipinski definition) is 3. The lowest BCUT2D eigenvalue weighted by Crippen LogP contribution is -2.42. The summed E-state index contributed by atoms with van der Waals surface area (Å²) in [4.78, 5) is 23.1. The van der Waals surface area contributed by atoms with Crippen LogP contribution in [0.15, 0.2) is 30.3 Å². The van der Waals surface area contributed by atoms with E-state index in [1.54, 1.807) is 0 Å². The summed E-state index contributed by atoms with van der Waals surface area (Å²) in [5.41, 5.74) is 0.110. The van der Waals surface area contributed by atoms with Gasteiger partial charge in [0, 0.05) is 12.2 Å². The van der Waals surface area contributed by atoms with E-state index in [1.807, 2.05) is 30.3 Å². The molecule has 0 bridgehead atoms. The standard InChI is InChI=1S/C15H20N2O3/c18-13(10-16-12-6-2-1-3-7-12)17-11-15(14(19)20)8-4-5-9-15/h1-3,6-7,16H,4-5,8-11H2,(H,17,18)(H,19,20). The molecule has 0 aromatic heterocycles. The van der Waals surface area contributed by atoms with Crippen LogP contribution in [0.5, 0.6) is 0 Å². The lowest BCUT2D eigenvalue weighted by atomic mass is 9.86. The Labute approximate surface area is 118 Å². The molecule has 0 aliphatic heterocycles. The van der Waals surface area contributed by atoms with E-state index in [0.717, 1.165) is 18.5 Å².